The van der Waals surface area contributed by atoms with Gasteiger partial charge in [0.2, 0.25) is 0 Å². The SMILES string of the molecule is CCC[C@H](CC[C@H](C)[C@@H]1CC[C@@H]2[C@@H]3CC=C4C[C@@H](OC(=O)Cc5ccccc5)CC[C@]4(C)[C@@H]3CC[C@@]21C)C(C)C. The van der Waals surface area contributed by atoms with Gasteiger partial charge < -0.3 is 4.74 Å². The number of allylic oxidation sites excluding steroid dienone is 1. The van der Waals surface area contributed by atoms with Gasteiger partial charge in [0.1, 0.15) is 6.10 Å². The van der Waals surface area contributed by atoms with E-state index in [1.165, 1.54) is 64.2 Å². The number of hydrogen-bond donors (Lipinski definition) is 0. The van der Waals surface area contributed by atoms with Crippen molar-refractivity contribution >= 4 is 5.97 Å². The maximum absolute atomic E-state index is 12.7. The summed E-state index contributed by atoms with van der Waals surface area (Å²) in [5.41, 5.74) is 3.49. The predicted octanol–water partition coefficient (Wildman–Crippen LogP) is 10.2. The molecule has 0 saturated heterocycles. The fourth-order valence-corrected chi connectivity index (χ4v) is 10.6. The Labute approximate surface area is 246 Å². The average Bonchev–Trinajstić information content (AvgIpc) is 3.28. The lowest BCUT2D eigenvalue weighted by molar-refractivity contribution is -0.150. The van der Waals surface area contributed by atoms with Gasteiger partial charge in [-0.1, -0.05) is 103 Å². The summed E-state index contributed by atoms with van der Waals surface area (Å²) in [6.45, 7) is 15.1. The fraction of sp³-hybridized carbons (Fsp3) is 0.763. The number of fused-ring (bicyclic) bond motifs is 5. The Morgan fingerprint density at radius 3 is 2.45 bits per heavy atom. The number of hydrogen-bond acceptors (Lipinski definition) is 2. The van der Waals surface area contributed by atoms with Crippen LogP contribution < -0.4 is 0 Å². The van der Waals surface area contributed by atoms with Crippen molar-refractivity contribution in [1.82, 2.24) is 0 Å². The van der Waals surface area contributed by atoms with Crippen molar-refractivity contribution in [1.29, 1.82) is 0 Å². The molecule has 3 fully saturated rings. The van der Waals surface area contributed by atoms with Gasteiger partial charge in [0.15, 0.2) is 0 Å². The summed E-state index contributed by atoms with van der Waals surface area (Å²) in [4.78, 5) is 12.7. The van der Waals surface area contributed by atoms with Crippen molar-refractivity contribution in [3.63, 3.8) is 0 Å². The van der Waals surface area contributed by atoms with Gasteiger partial charge in [-0.3, -0.25) is 4.79 Å². The van der Waals surface area contributed by atoms with Crippen LogP contribution in [0.1, 0.15) is 124 Å². The lowest BCUT2D eigenvalue weighted by atomic mass is 9.47. The third-order valence-electron chi connectivity index (χ3n) is 12.9. The van der Waals surface area contributed by atoms with Gasteiger partial charge >= 0.3 is 5.97 Å². The summed E-state index contributed by atoms with van der Waals surface area (Å²) in [7, 11) is 0. The van der Waals surface area contributed by atoms with E-state index < -0.39 is 0 Å². The Hall–Kier alpha value is -1.57. The molecule has 9 atom stereocenters. The molecule has 0 N–H and O–H groups in total. The number of benzene rings is 1. The van der Waals surface area contributed by atoms with E-state index in [-0.39, 0.29) is 12.1 Å². The minimum Gasteiger partial charge on any atom is -0.462 e. The van der Waals surface area contributed by atoms with E-state index in [1.54, 1.807) is 5.57 Å². The third-order valence-corrected chi connectivity index (χ3v) is 12.9. The molecule has 4 aliphatic rings. The molecule has 1 aromatic rings. The van der Waals surface area contributed by atoms with Crippen LogP contribution >= 0.6 is 0 Å². The summed E-state index contributed by atoms with van der Waals surface area (Å²) in [6.07, 6.45) is 18.8. The highest BCUT2D eigenvalue weighted by atomic mass is 16.5. The Morgan fingerprint density at radius 1 is 0.950 bits per heavy atom. The normalized spacial score (nSPS) is 36.7. The van der Waals surface area contributed by atoms with Gasteiger partial charge in [0.25, 0.3) is 0 Å². The highest BCUT2D eigenvalue weighted by molar-refractivity contribution is 5.72. The zero-order valence-electron chi connectivity index (χ0n) is 26.6. The first-order valence-electron chi connectivity index (χ1n) is 17.1. The van der Waals surface area contributed by atoms with E-state index in [0.29, 0.717) is 17.3 Å². The van der Waals surface area contributed by atoms with E-state index >= 15 is 0 Å². The largest absolute Gasteiger partial charge is 0.462 e. The fourth-order valence-electron chi connectivity index (χ4n) is 10.6. The van der Waals surface area contributed by atoms with Crippen LogP contribution in [0.4, 0.5) is 0 Å². The van der Waals surface area contributed by atoms with Crippen LogP contribution in [-0.4, -0.2) is 12.1 Å². The second-order valence-corrected chi connectivity index (χ2v) is 15.4. The number of esters is 1. The smallest absolute Gasteiger partial charge is 0.310 e. The predicted molar refractivity (Wildman–Crippen MR) is 167 cm³/mol. The van der Waals surface area contributed by atoms with Crippen molar-refractivity contribution in [3.05, 3.63) is 47.5 Å². The molecule has 1 aromatic carbocycles. The van der Waals surface area contributed by atoms with Crippen molar-refractivity contribution in [2.24, 2.45) is 52.3 Å². The van der Waals surface area contributed by atoms with Crippen molar-refractivity contribution < 1.29 is 9.53 Å². The average molecular weight is 547 g/mol. The Balaban J connectivity index is 1.21. The van der Waals surface area contributed by atoms with Crippen molar-refractivity contribution in [3.8, 4) is 0 Å². The molecule has 40 heavy (non-hydrogen) atoms. The highest BCUT2D eigenvalue weighted by Crippen LogP contribution is 2.67. The molecule has 0 unspecified atom stereocenters. The quantitative estimate of drug-likeness (QED) is 0.215. The Kier molecular flexibility index (Phi) is 9.23. The summed E-state index contributed by atoms with van der Waals surface area (Å²) < 4.78 is 6.04. The van der Waals surface area contributed by atoms with Crippen LogP contribution in [0, 0.1) is 52.3 Å². The van der Waals surface area contributed by atoms with Crippen LogP contribution in [0.2, 0.25) is 0 Å². The molecule has 0 bridgehead atoms. The molecule has 0 radical (unpaired) electrons. The van der Waals surface area contributed by atoms with Gasteiger partial charge in [-0.15, -0.1) is 0 Å². The lowest BCUT2D eigenvalue weighted by Crippen LogP contribution is -2.51. The molecule has 0 aliphatic heterocycles. The standard InChI is InChI=1S/C38H58O2/c1-7-11-29(26(2)3)15-14-27(4)33-18-19-34-32-17-16-30-25-31(40-36(39)24-28-12-9-8-10-13-28)20-22-37(30,5)35(32)21-23-38(33,34)6/h8-10,12-13,16,26-27,29,31-35H,7,11,14-15,17-25H2,1-6H3/t27-,29+,31-,32-,33-,34+,35+,37-,38+/m0/s1. The molecule has 3 saturated carbocycles. The minimum atomic E-state index is -0.0666. The number of carbonyl (C=O) groups excluding carboxylic acids is 1. The first kappa shape index (κ1) is 29.9. The molecule has 0 heterocycles. The Morgan fingerprint density at radius 2 is 1.73 bits per heavy atom. The zero-order valence-corrected chi connectivity index (χ0v) is 26.6. The molecule has 0 amide bonds. The van der Waals surface area contributed by atoms with E-state index in [9.17, 15) is 4.79 Å². The second kappa shape index (κ2) is 12.3. The van der Waals surface area contributed by atoms with Crippen molar-refractivity contribution in [2.45, 2.75) is 131 Å². The molecule has 0 spiro atoms. The first-order chi connectivity index (χ1) is 19.2. The maximum Gasteiger partial charge on any atom is 0.310 e. The van der Waals surface area contributed by atoms with Crippen LogP contribution in [0.15, 0.2) is 42.0 Å². The minimum absolute atomic E-state index is 0.0556. The van der Waals surface area contributed by atoms with Gasteiger partial charge in [0.05, 0.1) is 6.42 Å². The second-order valence-electron chi connectivity index (χ2n) is 15.4. The number of carbonyl (C=O) groups is 1. The lowest BCUT2D eigenvalue weighted by Gasteiger charge is -2.58. The zero-order chi connectivity index (χ0) is 28.5. The molecule has 5 rings (SSSR count). The maximum atomic E-state index is 12.7. The van der Waals surface area contributed by atoms with Gasteiger partial charge in [-0.05, 0) is 109 Å². The summed E-state index contributed by atoms with van der Waals surface area (Å²) in [5.74, 6) is 5.99. The first-order valence-corrected chi connectivity index (χ1v) is 17.1. The summed E-state index contributed by atoms with van der Waals surface area (Å²) >= 11 is 0. The summed E-state index contributed by atoms with van der Waals surface area (Å²) in [6, 6.07) is 10.0. The topological polar surface area (TPSA) is 26.3 Å². The summed E-state index contributed by atoms with van der Waals surface area (Å²) in [5, 5.41) is 0. The van der Waals surface area contributed by atoms with Crippen LogP contribution in [0.25, 0.3) is 0 Å². The van der Waals surface area contributed by atoms with E-state index in [0.717, 1.165) is 59.8 Å². The molecular formula is C38H58O2. The molecule has 4 aliphatic carbocycles. The van der Waals surface area contributed by atoms with E-state index in [2.05, 4.69) is 47.6 Å². The van der Waals surface area contributed by atoms with Crippen LogP contribution in [0.5, 0.6) is 0 Å². The number of rotatable bonds is 10. The third kappa shape index (κ3) is 5.85. The van der Waals surface area contributed by atoms with Gasteiger partial charge in [-0.25, -0.2) is 0 Å². The molecule has 222 valence electrons. The van der Waals surface area contributed by atoms with Crippen molar-refractivity contribution in [2.75, 3.05) is 0 Å². The molecular weight excluding hydrogens is 488 g/mol. The monoisotopic (exact) mass is 546 g/mol. The van der Waals surface area contributed by atoms with E-state index in [4.69, 9.17) is 4.74 Å². The molecule has 0 aromatic heterocycles. The van der Waals surface area contributed by atoms with Gasteiger partial charge in [-0.2, -0.15) is 0 Å². The van der Waals surface area contributed by atoms with Crippen LogP contribution in [-0.2, 0) is 16.0 Å². The highest BCUT2D eigenvalue weighted by Gasteiger charge is 2.59. The Bertz CT molecular complexity index is 1030. The molecule has 2 nitrogen and oxygen atoms in total. The van der Waals surface area contributed by atoms with E-state index in [1.807, 2.05) is 30.3 Å². The van der Waals surface area contributed by atoms with Gasteiger partial charge in [0, 0.05) is 6.42 Å². The molecule has 2 heteroatoms. The van der Waals surface area contributed by atoms with Crippen LogP contribution in [0.3, 0.4) is 0 Å². The number of ether oxygens (including phenoxy) is 1.